The van der Waals surface area contributed by atoms with Gasteiger partial charge in [-0.2, -0.15) is 0 Å². The molecule has 90 valence electrons. The average Bonchev–Trinajstić information content (AvgIpc) is 2.36. The van der Waals surface area contributed by atoms with Gasteiger partial charge < -0.3 is 9.52 Å². The van der Waals surface area contributed by atoms with Crippen LogP contribution < -0.4 is 5.43 Å². The Morgan fingerprint density at radius 3 is 2.72 bits per heavy atom. The summed E-state index contributed by atoms with van der Waals surface area (Å²) in [7, 11) is 0. The molecule has 0 radical (unpaired) electrons. The molecule has 0 aliphatic heterocycles. The number of halogens is 1. The van der Waals surface area contributed by atoms with Crippen LogP contribution in [0.5, 0.6) is 5.75 Å². The first kappa shape index (κ1) is 11.1. The second-order valence-corrected chi connectivity index (χ2v) is 4.51. The minimum Gasteiger partial charge on any atom is -0.506 e. The van der Waals surface area contributed by atoms with Crippen molar-refractivity contribution < 1.29 is 9.52 Å². The van der Waals surface area contributed by atoms with Gasteiger partial charge in [-0.05, 0) is 24.6 Å². The van der Waals surface area contributed by atoms with E-state index in [0.29, 0.717) is 27.5 Å². The SMILES string of the molecule is Cc1c(Cl)c(O)cc2oc3ccccc3c(=O)c12. The Labute approximate surface area is 107 Å². The van der Waals surface area contributed by atoms with Crippen LogP contribution in [-0.2, 0) is 0 Å². The van der Waals surface area contributed by atoms with Crippen LogP contribution in [0.3, 0.4) is 0 Å². The first-order chi connectivity index (χ1) is 8.59. The second kappa shape index (κ2) is 3.75. The van der Waals surface area contributed by atoms with Gasteiger partial charge in [0.2, 0.25) is 5.43 Å². The summed E-state index contributed by atoms with van der Waals surface area (Å²) in [6.07, 6.45) is 0. The van der Waals surface area contributed by atoms with E-state index in [1.54, 1.807) is 31.2 Å². The van der Waals surface area contributed by atoms with Crippen LogP contribution in [0.25, 0.3) is 21.9 Å². The third-order valence-electron chi connectivity index (χ3n) is 3.02. The minimum atomic E-state index is -0.133. The zero-order chi connectivity index (χ0) is 12.9. The monoisotopic (exact) mass is 260 g/mol. The number of aromatic hydroxyl groups is 1. The molecule has 4 heteroatoms. The Morgan fingerprint density at radius 2 is 1.94 bits per heavy atom. The van der Waals surface area contributed by atoms with Crippen molar-refractivity contribution >= 4 is 33.5 Å². The van der Waals surface area contributed by atoms with Crippen LogP contribution in [0.1, 0.15) is 5.56 Å². The molecule has 0 bridgehead atoms. The summed E-state index contributed by atoms with van der Waals surface area (Å²) < 4.78 is 5.63. The van der Waals surface area contributed by atoms with Gasteiger partial charge in [0.15, 0.2) is 0 Å². The Morgan fingerprint density at radius 1 is 1.22 bits per heavy atom. The van der Waals surface area contributed by atoms with Crippen LogP contribution in [0, 0.1) is 6.92 Å². The molecular formula is C14H9ClO3. The number of phenolic OH excluding ortho intramolecular Hbond substituents is 1. The van der Waals surface area contributed by atoms with E-state index in [1.165, 1.54) is 6.07 Å². The largest absolute Gasteiger partial charge is 0.506 e. The molecule has 0 fully saturated rings. The van der Waals surface area contributed by atoms with E-state index in [4.69, 9.17) is 16.0 Å². The summed E-state index contributed by atoms with van der Waals surface area (Å²) in [4.78, 5) is 12.4. The number of fused-ring (bicyclic) bond motifs is 2. The van der Waals surface area contributed by atoms with E-state index < -0.39 is 0 Å². The lowest BCUT2D eigenvalue weighted by atomic mass is 10.1. The number of aryl methyl sites for hydroxylation is 1. The fraction of sp³-hybridized carbons (Fsp3) is 0.0714. The predicted octanol–water partition coefficient (Wildman–Crippen LogP) is 3.61. The lowest BCUT2D eigenvalue weighted by molar-refractivity contribution is 0.474. The van der Waals surface area contributed by atoms with Crippen LogP contribution >= 0.6 is 11.6 Å². The van der Waals surface area contributed by atoms with Crippen LogP contribution in [0.15, 0.2) is 39.5 Å². The van der Waals surface area contributed by atoms with Gasteiger partial charge >= 0.3 is 0 Å². The lowest BCUT2D eigenvalue weighted by Gasteiger charge is -2.06. The number of rotatable bonds is 0. The molecule has 3 nitrogen and oxygen atoms in total. The van der Waals surface area contributed by atoms with Gasteiger partial charge in [0.05, 0.1) is 15.8 Å². The molecule has 0 aliphatic carbocycles. The first-order valence-electron chi connectivity index (χ1n) is 5.43. The maximum atomic E-state index is 12.4. The molecule has 3 rings (SSSR count). The minimum absolute atomic E-state index is 0.0832. The molecule has 2 aromatic carbocycles. The average molecular weight is 261 g/mol. The Kier molecular flexibility index (Phi) is 2.31. The predicted molar refractivity (Wildman–Crippen MR) is 71.4 cm³/mol. The van der Waals surface area contributed by atoms with Gasteiger partial charge in [-0.15, -0.1) is 0 Å². The molecule has 0 atom stereocenters. The smallest absolute Gasteiger partial charge is 0.200 e. The highest BCUT2D eigenvalue weighted by Crippen LogP contribution is 2.33. The maximum Gasteiger partial charge on any atom is 0.200 e. The summed E-state index contributed by atoms with van der Waals surface area (Å²) in [5.41, 5.74) is 1.24. The van der Waals surface area contributed by atoms with Gasteiger partial charge in [0.1, 0.15) is 16.9 Å². The fourth-order valence-corrected chi connectivity index (χ4v) is 2.25. The van der Waals surface area contributed by atoms with Crippen LogP contribution in [-0.4, -0.2) is 5.11 Å². The molecule has 0 unspecified atom stereocenters. The van der Waals surface area contributed by atoms with Crippen LogP contribution in [0.2, 0.25) is 5.02 Å². The molecule has 0 amide bonds. The third kappa shape index (κ3) is 1.41. The summed E-state index contributed by atoms with van der Waals surface area (Å²) >= 11 is 5.95. The van der Waals surface area contributed by atoms with E-state index in [2.05, 4.69) is 0 Å². The summed E-state index contributed by atoms with van der Waals surface area (Å²) in [6, 6.07) is 8.37. The lowest BCUT2D eigenvalue weighted by Crippen LogP contribution is -2.04. The van der Waals surface area contributed by atoms with Crippen molar-refractivity contribution in [2.45, 2.75) is 6.92 Å². The molecule has 0 saturated heterocycles. The molecule has 1 N–H and O–H groups in total. The van der Waals surface area contributed by atoms with Gasteiger partial charge in [0.25, 0.3) is 0 Å². The quantitative estimate of drug-likeness (QED) is 0.628. The van der Waals surface area contributed by atoms with Crippen molar-refractivity contribution in [2.24, 2.45) is 0 Å². The molecule has 3 aromatic rings. The third-order valence-corrected chi connectivity index (χ3v) is 3.50. The zero-order valence-corrected chi connectivity index (χ0v) is 10.3. The summed E-state index contributed by atoms with van der Waals surface area (Å²) in [5.74, 6) is -0.0832. The van der Waals surface area contributed by atoms with Gasteiger partial charge in [-0.1, -0.05) is 23.7 Å². The molecule has 1 aromatic heterocycles. The van der Waals surface area contributed by atoms with E-state index in [1.807, 2.05) is 0 Å². The number of benzene rings is 2. The molecule has 1 heterocycles. The molecule has 0 saturated carbocycles. The zero-order valence-electron chi connectivity index (χ0n) is 9.53. The highest BCUT2D eigenvalue weighted by Gasteiger charge is 2.14. The highest BCUT2D eigenvalue weighted by molar-refractivity contribution is 6.33. The van der Waals surface area contributed by atoms with Crippen molar-refractivity contribution in [3.8, 4) is 5.75 Å². The van der Waals surface area contributed by atoms with Gasteiger partial charge in [-0.25, -0.2) is 0 Å². The van der Waals surface area contributed by atoms with Crippen molar-refractivity contribution in [1.29, 1.82) is 0 Å². The highest BCUT2D eigenvalue weighted by atomic mass is 35.5. The van der Waals surface area contributed by atoms with Crippen molar-refractivity contribution in [3.05, 3.63) is 51.1 Å². The van der Waals surface area contributed by atoms with Gasteiger partial charge in [-0.3, -0.25) is 4.79 Å². The normalized spacial score (nSPS) is 11.2. The number of hydrogen-bond donors (Lipinski definition) is 1. The number of phenols is 1. The summed E-state index contributed by atoms with van der Waals surface area (Å²) in [5, 5.41) is 10.8. The number of hydrogen-bond acceptors (Lipinski definition) is 3. The van der Waals surface area contributed by atoms with Crippen molar-refractivity contribution in [3.63, 3.8) is 0 Å². The standard InChI is InChI=1S/C14H9ClO3/c1-7-12-11(6-9(16)13(7)15)18-10-5-3-2-4-8(10)14(12)17/h2-6,16H,1H3. The molecule has 0 aliphatic rings. The van der Waals surface area contributed by atoms with E-state index >= 15 is 0 Å². The van der Waals surface area contributed by atoms with Gasteiger partial charge in [0, 0.05) is 6.07 Å². The van der Waals surface area contributed by atoms with E-state index in [0.717, 1.165) is 0 Å². The second-order valence-electron chi connectivity index (χ2n) is 4.14. The molecule has 0 spiro atoms. The van der Waals surface area contributed by atoms with Crippen molar-refractivity contribution in [2.75, 3.05) is 0 Å². The van der Waals surface area contributed by atoms with E-state index in [9.17, 15) is 9.90 Å². The fourth-order valence-electron chi connectivity index (χ4n) is 2.11. The Bertz CT molecular complexity index is 834. The summed E-state index contributed by atoms with van der Waals surface area (Å²) in [6.45, 7) is 1.69. The van der Waals surface area contributed by atoms with E-state index in [-0.39, 0.29) is 16.2 Å². The first-order valence-corrected chi connectivity index (χ1v) is 5.81. The van der Waals surface area contributed by atoms with Crippen LogP contribution in [0.4, 0.5) is 0 Å². The number of para-hydroxylation sites is 1. The molecular weight excluding hydrogens is 252 g/mol. The van der Waals surface area contributed by atoms with Crippen molar-refractivity contribution in [1.82, 2.24) is 0 Å². The Hall–Kier alpha value is -2.00. The molecule has 18 heavy (non-hydrogen) atoms. The topological polar surface area (TPSA) is 50.4 Å². The Balaban J connectivity index is 2.65. The maximum absolute atomic E-state index is 12.4.